The quantitative estimate of drug-likeness (QED) is 0.841. The number of carbonyl (C=O) groups excluding carboxylic acids is 2. The van der Waals surface area contributed by atoms with E-state index in [9.17, 15) is 14.7 Å². The summed E-state index contributed by atoms with van der Waals surface area (Å²) in [6, 6.07) is 10.4. The summed E-state index contributed by atoms with van der Waals surface area (Å²) in [5.74, 6) is -1.07. The molecule has 0 aromatic heterocycles. The Labute approximate surface area is 104 Å². The zero-order chi connectivity index (χ0) is 13.1. The van der Waals surface area contributed by atoms with Crippen LogP contribution in [-0.2, 0) is 9.53 Å². The minimum Gasteiger partial charge on any atom is -0.506 e. The summed E-state index contributed by atoms with van der Waals surface area (Å²) in [7, 11) is 0. The van der Waals surface area contributed by atoms with E-state index < -0.39 is 5.97 Å². The maximum atomic E-state index is 11.7. The van der Waals surface area contributed by atoms with E-state index in [0.29, 0.717) is 5.39 Å². The van der Waals surface area contributed by atoms with Gasteiger partial charge in [-0.3, -0.25) is 4.79 Å². The van der Waals surface area contributed by atoms with Crippen molar-refractivity contribution in [3.05, 3.63) is 42.0 Å². The van der Waals surface area contributed by atoms with E-state index in [-0.39, 0.29) is 23.7 Å². The second kappa shape index (κ2) is 4.87. The molecule has 0 aliphatic heterocycles. The highest BCUT2D eigenvalue weighted by Gasteiger charge is 2.15. The normalized spacial score (nSPS) is 10.3. The maximum Gasteiger partial charge on any atom is 0.342 e. The minimum absolute atomic E-state index is 0.0648. The first-order valence-corrected chi connectivity index (χ1v) is 5.47. The van der Waals surface area contributed by atoms with Gasteiger partial charge in [0.2, 0.25) is 0 Å². The molecule has 0 unspecified atom stereocenters. The number of carbonyl (C=O) groups is 2. The van der Waals surface area contributed by atoms with Crippen molar-refractivity contribution in [1.82, 2.24) is 0 Å². The van der Waals surface area contributed by atoms with Gasteiger partial charge in [-0.15, -0.1) is 0 Å². The van der Waals surface area contributed by atoms with Crippen molar-refractivity contribution in [3.8, 4) is 5.75 Å². The van der Waals surface area contributed by atoms with Crippen LogP contribution >= 0.6 is 0 Å². The molecule has 0 fully saturated rings. The third-order valence-electron chi connectivity index (χ3n) is 2.53. The number of rotatable bonds is 3. The fraction of sp³-hybridized carbons (Fsp3) is 0.143. The van der Waals surface area contributed by atoms with Crippen LogP contribution in [0.15, 0.2) is 36.4 Å². The molecule has 4 heteroatoms. The fourth-order valence-electron chi connectivity index (χ4n) is 1.66. The number of phenols is 1. The van der Waals surface area contributed by atoms with Gasteiger partial charge >= 0.3 is 5.97 Å². The van der Waals surface area contributed by atoms with Crippen molar-refractivity contribution in [2.45, 2.75) is 6.92 Å². The lowest BCUT2D eigenvalue weighted by Gasteiger charge is -2.07. The Morgan fingerprint density at radius 2 is 1.89 bits per heavy atom. The van der Waals surface area contributed by atoms with E-state index in [1.165, 1.54) is 13.0 Å². The highest BCUT2D eigenvalue weighted by molar-refractivity contribution is 6.01. The number of hydrogen-bond donors (Lipinski definition) is 1. The van der Waals surface area contributed by atoms with Gasteiger partial charge < -0.3 is 9.84 Å². The topological polar surface area (TPSA) is 63.6 Å². The summed E-state index contributed by atoms with van der Waals surface area (Å²) >= 11 is 0. The Hall–Kier alpha value is -2.36. The molecule has 0 bridgehead atoms. The molecule has 0 spiro atoms. The van der Waals surface area contributed by atoms with Crippen LogP contribution < -0.4 is 0 Å². The van der Waals surface area contributed by atoms with E-state index in [4.69, 9.17) is 4.74 Å². The lowest BCUT2D eigenvalue weighted by molar-refractivity contribution is -0.120. The van der Waals surface area contributed by atoms with Crippen LogP contribution in [0.5, 0.6) is 5.75 Å². The number of fused-ring (bicyclic) bond motifs is 1. The SMILES string of the molecule is CC(=O)COC(=O)c1ccc2ccccc2c1O. The average molecular weight is 244 g/mol. The molecule has 2 aromatic carbocycles. The molecule has 2 aromatic rings. The number of esters is 1. The molecule has 0 amide bonds. The van der Waals surface area contributed by atoms with Gasteiger partial charge in [0.1, 0.15) is 17.9 Å². The van der Waals surface area contributed by atoms with Crippen LogP contribution in [0, 0.1) is 0 Å². The molecule has 0 aliphatic rings. The summed E-state index contributed by atoms with van der Waals surface area (Å²) in [5.41, 5.74) is 0.0648. The maximum absolute atomic E-state index is 11.7. The number of aromatic hydroxyl groups is 1. The highest BCUT2D eigenvalue weighted by Crippen LogP contribution is 2.28. The molecule has 0 radical (unpaired) electrons. The van der Waals surface area contributed by atoms with Gasteiger partial charge in [-0.1, -0.05) is 30.3 Å². The number of benzene rings is 2. The number of hydrogen-bond acceptors (Lipinski definition) is 4. The summed E-state index contributed by atoms with van der Waals surface area (Å²) in [6.45, 7) is 1.04. The monoisotopic (exact) mass is 244 g/mol. The van der Waals surface area contributed by atoms with Crippen LogP contribution in [0.25, 0.3) is 10.8 Å². The second-order valence-corrected chi connectivity index (χ2v) is 3.96. The summed E-state index contributed by atoms with van der Waals surface area (Å²) in [6.07, 6.45) is 0. The van der Waals surface area contributed by atoms with E-state index in [0.717, 1.165) is 5.39 Å². The second-order valence-electron chi connectivity index (χ2n) is 3.96. The molecular weight excluding hydrogens is 232 g/mol. The first kappa shape index (κ1) is 12.1. The van der Waals surface area contributed by atoms with Crippen LogP contribution in [0.3, 0.4) is 0 Å². The average Bonchev–Trinajstić information content (AvgIpc) is 2.37. The third-order valence-corrected chi connectivity index (χ3v) is 2.53. The largest absolute Gasteiger partial charge is 0.506 e. The first-order valence-electron chi connectivity index (χ1n) is 5.47. The molecule has 0 saturated heterocycles. The Morgan fingerprint density at radius 1 is 1.17 bits per heavy atom. The van der Waals surface area contributed by atoms with Gasteiger partial charge in [0, 0.05) is 5.39 Å². The van der Waals surface area contributed by atoms with Gasteiger partial charge in [-0.05, 0) is 18.4 Å². The number of ether oxygens (including phenoxy) is 1. The lowest BCUT2D eigenvalue weighted by atomic mass is 10.1. The van der Waals surface area contributed by atoms with Crippen LogP contribution in [0.2, 0.25) is 0 Å². The first-order chi connectivity index (χ1) is 8.59. The van der Waals surface area contributed by atoms with Crippen LogP contribution in [0.1, 0.15) is 17.3 Å². The summed E-state index contributed by atoms with van der Waals surface area (Å²) in [4.78, 5) is 22.4. The van der Waals surface area contributed by atoms with E-state index in [2.05, 4.69) is 0 Å². The molecule has 18 heavy (non-hydrogen) atoms. The van der Waals surface area contributed by atoms with Crippen molar-refractivity contribution >= 4 is 22.5 Å². The van der Waals surface area contributed by atoms with Crippen molar-refractivity contribution in [2.75, 3.05) is 6.61 Å². The standard InChI is InChI=1S/C14H12O4/c1-9(15)8-18-14(17)12-7-6-10-4-2-3-5-11(10)13(12)16/h2-7,16H,8H2,1H3. The Bertz CT molecular complexity index is 616. The van der Waals surface area contributed by atoms with Gasteiger partial charge in [0.05, 0.1) is 0 Å². The fourth-order valence-corrected chi connectivity index (χ4v) is 1.66. The van der Waals surface area contributed by atoms with E-state index >= 15 is 0 Å². The lowest BCUT2D eigenvalue weighted by Crippen LogP contribution is -2.11. The van der Waals surface area contributed by atoms with E-state index in [1.54, 1.807) is 18.2 Å². The summed E-state index contributed by atoms with van der Waals surface area (Å²) in [5, 5.41) is 11.4. The summed E-state index contributed by atoms with van der Waals surface area (Å²) < 4.78 is 4.77. The van der Waals surface area contributed by atoms with Crippen molar-refractivity contribution in [1.29, 1.82) is 0 Å². The van der Waals surface area contributed by atoms with E-state index in [1.807, 2.05) is 12.1 Å². The molecule has 4 nitrogen and oxygen atoms in total. The smallest absolute Gasteiger partial charge is 0.342 e. The van der Waals surface area contributed by atoms with Gasteiger partial charge in [0.15, 0.2) is 5.78 Å². The van der Waals surface area contributed by atoms with Crippen LogP contribution in [-0.4, -0.2) is 23.5 Å². The molecular formula is C14H12O4. The third kappa shape index (κ3) is 2.32. The van der Waals surface area contributed by atoms with Gasteiger partial charge in [-0.25, -0.2) is 4.79 Å². The van der Waals surface area contributed by atoms with Crippen molar-refractivity contribution in [2.24, 2.45) is 0 Å². The number of ketones is 1. The van der Waals surface area contributed by atoms with Crippen molar-refractivity contribution in [3.63, 3.8) is 0 Å². The molecule has 2 rings (SSSR count). The Morgan fingerprint density at radius 3 is 2.61 bits per heavy atom. The molecule has 0 atom stereocenters. The predicted molar refractivity (Wildman–Crippen MR) is 66.6 cm³/mol. The molecule has 1 N–H and O–H groups in total. The molecule has 92 valence electrons. The van der Waals surface area contributed by atoms with Gasteiger partial charge in [-0.2, -0.15) is 0 Å². The zero-order valence-electron chi connectivity index (χ0n) is 9.84. The van der Waals surface area contributed by atoms with Crippen LogP contribution in [0.4, 0.5) is 0 Å². The van der Waals surface area contributed by atoms with Gasteiger partial charge in [0.25, 0.3) is 0 Å². The number of Topliss-reactive ketones (excluding diaryl/α,β-unsaturated/α-hetero) is 1. The predicted octanol–water partition coefficient (Wildman–Crippen LogP) is 2.29. The Kier molecular flexibility index (Phi) is 3.28. The van der Waals surface area contributed by atoms with Crippen molar-refractivity contribution < 1.29 is 19.4 Å². The minimum atomic E-state index is -0.701. The highest BCUT2D eigenvalue weighted by atomic mass is 16.5. The molecule has 0 aliphatic carbocycles. The zero-order valence-corrected chi connectivity index (χ0v) is 9.84. The Balaban J connectivity index is 2.37. The molecule has 0 saturated carbocycles. The number of phenolic OH excluding ortho intramolecular Hbond substituents is 1. The molecule has 0 heterocycles.